The number of carbonyl (C=O) groups is 1. The highest BCUT2D eigenvalue weighted by molar-refractivity contribution is 7.09. The Labute approximate surface area is 129 Å². The number of alkyl halides is 2. The van der Waals surface area contributed by atoms with Crippen molar-refractivity contribution in [1.29, 1.82) is 0 Å². The first-order chi connectivity index (χ1) is 10.4. The molecule has 2 heterocycles. The molecule has 0 aliphatic carbocycles. The van der Waals surface area contributed by atoms with E-state index in [1.54, 1.807) is 6.92 Å². The third-order valence-corrected chi connectivity index (χ3v) is 3.27. The van der Waals surface area contributed by atoms with Crippen molar-refractivity contribution in [2.75, 3.05) is 6.61 Å². The molecule has 0 saturated carbocycles. The molecule has 9 heteroatoms. The maximum Gasteiger partial charge on any atom is 0.357 e. The minimum Gasteiger partial charge on any atom is -0.461 e. The van der Waals surface area contributed by atoms with Crippen molar-refractivity contribution >= 4 is 17.3 Å². The van der Waals surface area contributed by atoms with E-state index in [1.807, 2.05) is 0 Å². The van der Waals surface area contributed by atoms with Crippen LogP contribution in [0.1, 0.15) is 35.0 Å². The van der Waals surface area contributed by atoms with Gasteiger partial charge in [0.1, 0.15) is 17.3 Å². The van der Waals surface area contributed by atoms with Gasteiger partial charge in [-0.25, -0.2) is 14.8 Å². The van der Waals surface area contributed by atoms with Crippen LogP contribution in [0, 0.1) is 0 Å². The molecule has 0 atom stereocenters. The van der Waals surface area contributed by atoms with E-state index >= 15 is 0 Å². The lowest BCUT2D eigenvalue weighted by molar-refractivity contribution is 0.0117. The molecule has 0 aliphatic rings. The summed E-state index contributed by atoms with van der Waals surface area (Å²) in [6.07, 6.45) is 1.20. The molecule has 0 amide bonds. The number of nitrogens with zero attached hydrogens (tertiary/aromatic N) is 3. The zero-order valence-corrected chi connectivity index (χ0v) is 12.7. The highest BCUT2D eigenvalue weighted by Gasteiger charge is 2.26. The predicted molar refractivity (Wildman–Crippen MR) is 74.0 cm³/mol. The van der Waals surface area contributed by atoms with E-state index in [2.05, 4.69) is 15.0 Å². The number of carbonyl (C=O) groups excluding carboxylic acids is 1. The zero-order valence-electron chi connectivity index (χ0n) is 11.9. The molecule has 0 radical (unpaired) electrons. The van der Waals surface area contributed by atoms with Gasteiger partial charge in [0, 0.05) is 18.5 Å². The molecule has 0 fully saturated rings. The van der Waals surface area contributed by atoms with Gasteiger partial charge >= 0.3 is 12.0 Å². The first-order valence-corrected chi connectivity index (χ1v) is 7.23. The van der Waals surface area contributed by atoms with Crippen molar-refractivity contribution < 1.29 is 23.0 Å². The van der Waals surface area contributed by atoms with Gasteiger partial charge in [0.25, 0.3) is 5.92 Å². The summed E-state index contributed by atoms with van der Waals surface area (Å²) < 4.78 is 36.3. The maximum absolute atomic E-state index is 13.2. The zero-order chi connectivity index (χ0) is 16.2. The number of ether oxygens (including phenoxy) is 2. The van der Waals surface area contributed by atoms with Crippen molar-refractivity contribution in [3.63, 3.8) is 0 Å². The Hall–Kier alpha value is -2.16. The average molecular weight is 329 g/mol. The first kappa shape index (κ1) is 16.2. The van der Waals surface area contributed by atoms with Crippen LogP contribution in [0.25, 0.3) is 0 Å². The summed E-state index contributed by atoms with van der Waals surface area (Å²) in [5, 5.41) is 2.02. The van der Waals surface area contributed by atoms with Crippen LogP contribution in [0.4, 0.5) is 8.78 Å². The van der Waals surface area contributed by atoms with Gasteiger partial charge in [-0.3, -0.25) is 0 Å². The van der Waals surface area contributed by atoms with Crippen LogP contribution in [-0.4, -0.2) is 27.5 Å². The number of halogens is 2. The third-order valence-electron chi connectivity index (χ3n) is 2.44. The molecule has 2 aromatic heterocycles. The van der Waals surface area contributed by atoms with E-state index in [1.165, 1.54) is 22.9 Å². The summed E-state index contributed by atoms with van der Waals surface area (Å²) in [6.45, 7) is 2.67. The van der Waals surface area contributed by atoms with Crippen molar-refractivity contribution in [3.05, 3.63) is 34.0 Å². The summed E-state index contributed by atoms with van der Waals surface area (Å²) in [7, 11) is 0. The van der Waals surface area contributed by atoms with Gasteiger partial charge in [-0.15, -0.1) is 11.3 Å². The fraction of sp³-hybridized carbons (Fsp3) is 0.385. The summed E-state index contributed by atoms with van der Waals surface area (Å²) in [6, 6.07) is 0.946. The van der Waals surface area contributed by atoms with E-state index in [9.17, 15) is 13.6 Å². The standard InChI is InChI=1S/C13H13F2N3O3S/c1-3-20-11(19)8-7-22-10(17-8)6-21-12-16-5-4-9(18-12)13(2,14)15/h4-5,7H,3,6H2,1-2H3. The van der Waals surface area contributed by atoms with E-state index < -0.39 is 17.6 Å². The van der Waals surface area contributed by atoms with Gasteiger partial charge in [-0.1, -0.05) is 0 Å². The fourth-order valence-electron chi connectivity index (χ4n) is 1.46. The number of thiazole rings is 1. The number of rotatable bonds is 6. The Balaban J connectivity index is 2.00. The second kappa shape index (κ2) is 6.73. The molecule has 2 aromatic rings. The van der Waals surface area contributed by atoms with Crippen LogP contribution in [-0.2, 0) is 17.3 Å². The number of esters is 1. The molecule has 0 aromatic carbocycles. The van der Waals surface area contributed by atoms with Crippen LogP contribution in [0.5, 0.6) is 6.01 Å². The normalized spacial score (nSPS) is 11.3. The molecule has 0 N–H and O–H groups in total. The largest absolute Gasteiger partial charge is 0.461 e. The van der Waals surface area contributed by atoms with E-state index in [-0.39, 0.29) is 24.9 Å². The molecule has 0 aliphatic heterocycles. The van der Waals surface area contributed by atoms with Gasteiger partial charge in [0.2, 0.25) is 0 Å². The van der Waals surface area contributed by atoms with Crippen LogP contribution in [0.15, 0.2) is 17.6 Å². The topological polar surface area (TPSA) is 74.2 Å². The number of hydrogen-bond donors (Lipinski definition) is 0. The monoisotopic (exact) mass is 329 g/mol. The van der Waals surface area contributed by atoms with Crippen molar-refractivity contribution in [3.8, 4) is 6.01 Å². The summed E-state index contributed by atoms with van der Waals surface area (Å²) in [5.41, 5.74) is -0.246. The third kappa shape index (κ3) is 4.17. The average Bonchev–Trinajstić information content (AvgIpc) is 2.94. The van der Waals surface area contributed by atoms with Crippen molar-refractivity contribution in [2.45, 2.75) is 26.4 Å². The van der Waals surface area contributed by atoms with Gasteiger partial charge in [-0.2, -0.15) is 13.8 Å². The smallest absolute Gasteiger partial charge is 0.357 e. The van der Waals surface area contributed by atoms with Crippen molar-refractivity contribution in [1.82, 2.24) is 15.0 Å². The Morgan fingerprint density at radius 1 is 1.41 bits per heavy atom. The second-order valence-electron chi connectivity index (χ2n) is 4.25. The quantitative estimate of drug-likeness (QED) is 0.759. The van der Waals surface area contributed by atoms with Gasteiger partial charge < -0.3 is 9.47 Å². The molecular formula is C13H13F2N3O3S. The Bertz CT molecular complexity index is 658. The van der Waals surface area contributed by atoms with Gasteiger partial charge in [0.15, 0.2) is 5.69 Å². The minimum absolute atomic E-state index is 0.0250. The SMILES string of the molecule is CCOC(=O)c1csc(COc2nccc(C(C)(F)F)n2)n1. The van der Waals surface area contributed by atoms with Crippen LogP contribution in [0.2, 0.25) is 0 Å². The molecule has 0 spiro atoms. The minimum atomic E-state index is -3.07. The fourth-order valence-corrected chi connectivity index (χ4v) is 2.13. The lowest BCUT2D eigenvalue weighted by atomic mass is 10.3. The molecule has 118 valence electrons. The van der Waals surface area contributed by atoms with Crippen molar-refractivity contribution in [2.24, 2.45) is 0 Å². The van der Waals surface area contributed by atoms with E-state index in [0.29, 0.717) is 5.01 Å². The lowest BCUT2D eigenvalue weighted by Gasteiger charge is -2.10. The van der Waals surface area contributed by atoms with Crippen LogP contribution in [0.3, 0.4) is 0 Å². The van der Waals surface area contributed by atoms with Gasteiger partial charge in [0.05, 0.1) is 6.61 Å². The molecule has 2 rings (SSSR count). The highest BCUT2D eigenvalue weighted by atomic mass is 32.1. The molecule has 0 saturated heterocycles. The lowest BCUT2D eigenvalue weighted by Crippen LogP contribution is -2.11. The molecule has 22 heavy (non-hydrogen) atoms. The predicted octanol–water partition coefficient (Wildman–Crippen LogP) is 2.80. The number of hydrogen-bond acceptors (Lipinski definition) is 7. The highest BCUT2D eigenvalue weighted by Crippen LogP contribution is 2.25. The van der Waals surface area contributed by atoms with Crippen LogP contribution < -0.4 is 4.74 Å². The Morgan fingerprint density at radius 3 is 2.86 bits per heavy atom. The number of aromatic nitrogens is 3. The first-order valence-electron chi connectivity index (χ1n) is 6.36. The molecule has 6 nitrogen and oxygen atoms in total. The summed E-state index contributed by atoms with van der Waals surface area (Å²) in [5.74, 6) is -3.59. The maximum atomic E-state index is 13.2. The Kier molecular flexibility index (Phi) is 4.96. The van der Waals surface area contributed by atoms with Gasteiger partial charge in [-0.05, 0) is 13.0 Å². The molecular weight excluding hydrogens is 316 g/mol. The Morgan fingerprint density at radius 2 is 2.18 bits per heavy atom. The summed E-state index contributed by atoms with van der Waals surface area (Å²) in [4.78, 5) is 22.9. The van der Waals surface area contributed by atoms with Crippen LogP contribution >= 0.6 is 11.3 Å². The van der Waals surface area contributed by atoms with E-state index in [0.717, 1.165) is 13.0 Å². The second-order valence-corrected chi connectivity index (χ2v) is 5.19. The summed E-state index contributed by atoms with van der Waals surface area (Å²) >= 11 is 1.19. The molecule has 0 unspecified atom stereocenters. The van der Waals surface area contributed by atoms with E-state index in [4.69, 9.17) is 9.47 Å². The molecule has 0 bridgehead atoms.